The standard InChI is InChI=1S/C15H16ClF3N2O4/c1-14(12(22)23)4-5-21(7-14)13(24)20-10-3-2-9(16)6-11(10)25-8-15(17,18)19/h2-3,6H,4-5,7-8H2,1H3,(H,20,24)(H,22,23). The maximum atomic E-state index is 12.3. The van der Waals surface area contributed by atoms with Crippen LogP contribution in [0.15, 0.2) is 18.2 Å². The van der Waals surface area contributed by atoms with Gasteiger partial charge in [-0.3, -0.25) is 4.79 Å². The molecule has 0 aliphatic carbocycles. The van der Waals surface area contributed by atoms with E-state index in [-0.39, 0.29) is 36.0 Å². The molecule has 2 amide bonds. The van der Waals surface area contributed by atoms with E-state index < -0.39 is 30.2 Å². The first-order valence-corrected chi connectivity index (χ1v) is 7.66. The number of amides is 2. The van der Waals surface area contributed by atoms with Crippen molar-refractivity contribution < 1.29 is 32.6 Å². The minimum Gasteiger partial charge on any atom is -0.482 e. The van der Waals surface area contributed by atoms with Crippen LogP contribution in [0.4, 0.5) is 23.7 Å². The average Bonchev–Trinajstić information content (AvgIpc) is 2.91. The van der Waals surface area contributed by atoms with Gasteiger partial charge in [0.2, 0.25) is 0 Å². The third-order valence-corrected chi connectivity index (χ3v) is 4.09. The summed E-state index contributed by atoms with van der Waals surface area (Å²) in [5.74, 6) is -1.23. The summed E-state index contributed by atoms with van der Waals surface area (Å²) in [6, 6.07) is 3.25. The average molecular weight is 381 g/mol. The van der Waals surface area contributed by atoms with Crippen molar-refractivity contribution in [2.45, 2.75) is 19.5 Å². The minimum absolute atomic E-state index is 0.000494. The molecule has 1 aromatic rings. The number of carbonyl (C=O) groups is 2. The van der Waals surface area contributed by atoms with E-state index >= 15 is 0 Å². The molecule has 1 heterocycles. The van der Waals surface area contributed by atoms with Gasteiger partial charge in [-0.25, -0.2) is 4.79 Å². The highest BCUT2D eigenvalue weighted by atomic mass is 35.5. The molecule has 25 heavy (non-hydrogen) atoms. The second-order valence-corrected chi connectivity index (χ2v) is 6.45. The minimum atomic E-state index is -4.54. The quantitative estimate of drug-likeness (QED) is 0.836. The summed E-state index contributed by atoms with van der Waals surface area (Å²) in [5.41, 5.74) is -1.03. The Balaban J connectivity index is 2.09. The molecule has 0 saturated carbocycles. The molecule has 1 atom stereocenters. The van der Waals surface area contributed by atoms with Crippen molar-refractivity contribution in [2.75, 3.05) is 25.0 Å². The molecule has 10 heteroatoms. The molecule has 0 bridgehead atoms. The van der Waals surface area contributed by atoms with E-state index in [1.165, 1.54) is 24.0 Å². The number of urea groups is 1. The van der Waals surface area contributed by atoms with Gasteiger partial charge in [0.15, 0.2) is 6.61 Å². The molecule has 1 fully saturated rings. The van der Waals surface area contributed by atoms with Crippen LogP contribution in [0, 0.1) is 5.41 Å². The van der Waals surface area contributed by atoms with Gasteiger partial charge in [0.1, 0.15) is 5.75 Å². The molecule has 2 N–H and O–H groups in total. The van der Waals surface area contributed by atoms with Gasteiger partial charge in [0.25, 0.3) is 0 Å². The lowest BCUT2D eigenvalue weighted by Gasteiger charge is -2.21. The van der Waals surface area contributed by atoms with Crippen LogP contribution in [-0.2, 0) is 4.79 Å². The van der Waals surface area contributed by atoms with E-state index in [4.69, 9.17) is 11.6 Å². The first-order chi connectivity index (χ1) is 11.5. The highest BCUT2D eigenvalue weighted by Crippen LogP contribution is 2.33. The zero-order chi connectivity index (χ0) is 18.8. The lowest BCUT2D eigenvalue weighted by Crippen LogP contribution is -2.37. The van der Waals surface area contributed by atoms with Crippen molar-refractivity contribution >= 4 is 29.3 Å². The van der Waals surface area contributed by atoms with Crippen LogP contribution >= 0.6 is 11.6 Å². The molecular weight excluding hydrogens is 365 g/mol. The fourth-order valence-electron chi connectivity index (χ4n) is 2.38. The number of ether oxygens (including phenoxy) is 1. The lowest BCUT2D eigenvalue weighted by atomic mass is 9.90. The van der Waals surface area contributed by atoms with E-state index in [1.807, 2.05) is 0 Å². The molecule has 1 aliphatic rings. The predicted molar refractivity (Wildman–Crippen MR) is 84.0 cm³/mol. The molecule has 0 aromatic heterocycles. The number of hydrogen-bond donors (Lipinski definition) is 2. The van der Waals surface area contributed by atoms with Gasteiger partial charge in [-0.05, 0) is 25.5 Å². The van der Waals surface area contributed by atoms with Crippen molar-refractivity contribution in [3.63, 3.8) is 0 Å². The molecule has 0 radical (unpaired) electrons. The Morgan fingerprint density at radius 3 is 2.68 bits per heavy atom. The van der Waals surface area contributed by atoms with Gasteiger partial charge >= 0.3 is 18.2 Å². The van der Waals surface area contributed by atoms with Crippen LogP contribution in [0.3, 0.4) is 0 Å². The summed E-state index contributed by atoms with van der Waals surface area (Å²) in [5, 5.41) is 11.8. The molecular formula is C15H16ClF3N2O4. The Bertz CT molecular complexity index is 683. The molecule has 1 saturated heterocycles. The lowest BCUT2D eigenvalue weighted by molar-refractivity contribution is -0.153. The van der Waals surface area contributed by atoms with Crippen molar-refractivity contribution in [3.05, 3.63) is 23.2 Å². The van der Waals surface area contributed by atoms with Gasteiger partial charge in [-0.15, -0.1) is 0 Å². The number of carbonyl (C=O) groups excluding carboxylic acids is 1. The largest absolute Gasteiger partial charge is 0.482 e. The normalized spacial score (nSPS) is 20.4. The second-order valence-electron chi connectivity index (χ2n) is 6.01. The first-order valence-electron chi connectivity index (χ1n) is 7.29. The fraction of sp³-hybridized carbons (Fsp3) is 0.467. The highest BCUT2D eigenvalue weighted by molar-refractivity contribution is 6.30. The summed E-state index contributed by atoms with van der Waals surface area (Å²) in [6.07, 6.45) is -4.25. The number of aliphatic carboxylic acids is 1. The summed E-state index contributed by atoms with van der Waals surface area (Å²) in [7, 11) is 0. The summed E-state index contributed by atoms with van der Waals surface area (Å²) in [6.45, 7) is 0.223. The fourth-order valence-corrected chi connectivity index (χ4v) is 2.54. The van der Waals surface area contributed by atoms with E-state index in [1.54, 1.807) is 0 Å². The number of rotatable bonds is 4. The number of carboxylic acid groups (broad SMARTS) is 1. The van der Waals surface area contributed by atoms with Crippen molar-refractivity contribution in [1.29, 1.82) is 0 Å². The predicted octanol–water partition coefficient (Wildman–Crippen LogP) is 3.61. The number of halogens is 4. The Morgan fingerprint density at radius 2 is 2.12 bits per heavy atom. The van der Waals surface area contributed by atoms with Crippen LogP contribution in [0.5, 0.6) is 5.75 Å². The second kappa shape index (κ2) is 6.99. The molecule has 138 valence electrons. The topological polar surface area (TPSA) is 78.9 Å². The van der Waals surface area contributed by atoms with Crippen LogP contribution in [0.1, 0.15) is 13.3 Å². The van der Waals surface area contributed by atoms with Crippen LogP contribution in [0.2, 0.25) is 5.02 Å². The highest BCUT2D eigenvalue weighted by Gasteiger charge is 2.42. The van der Waals surface area contributed by atoms with E-state index in [0.717, 1.165) is 6.07 Å². The Labute approximate surface area is 146 Å². The number of anilines is 1. The Morgan fingerprint density at radius 1 is 1.44 bits per heavy atom. The first kappa shape index (κ1) is 19.2. The number of nitrogens with zero attached hydrogens (tertiary/aromatic N) is 1. The molecule has 6 nitrogen and oxygen atoms in total. The maximum Gasteiger partial charge on any atom is 0.422 e. The third-order valence-electron chi connectivity index (χ3n) is 3.85. The van der Waals surface area contributed by atoms with E-state index in [9.17, 15) is 27.9 Å². The zero-order valence-corrected chi connectivity index (χ0v) is 13.9. The van der Waals surface area contributed by atoms with Gasteiger partial charge in [-0.2, -0.15) is 13.2 Å². The third kappa shape index (κ3) is 4.91. The van der Waals surface area contributed by atoms with Crippen molar-refractivity contribution in [1.82, 2.24) is 4.90 Å². The molecule has 2 rings (SSSR count). The van der Waals surface area contributed by atoms with Crippen molar-refractivity contribution in [3.8, 4) is 5.75 Å². The number of alkyl halides is 3. The van der Waals surface area contributed by atoms with Gasteiger partial charge < -0.3 is 20.1 Å². The summed E-state index contributed by atoms with van der Waals surface area (Å²) < 4.78 is 41.7. The summed E-state index contributed by atoms with van der Waals surface area (Å²) >= 11 is 5.75. The van der Waals surface area contributed by atoms with Gasteiger partial charge in [-0.1, -0.05) is 11.6 Å². The van der Waals surface area contributed by atoms with Crippen LogP contribution in [-0.4, -0.2) is 47.9 Å². The maximum absolute atomic E-state index is 12.3. The SMILES string of the molecule is CC1(C(=O)O)CCN(C(=O)Nc2ccc(Cl)cc2OCC(F)(F)F)C1. The number of carboxylic acids is 1. The summed E-state index contributed by atoms with van der Waals surface area (Å²) in [4.78, 5) is 24.8. The Kier molecular flexibility index (Phi) is 5.36. The van der Waals surface area contributed by atoms with Crippen molar-refractivity contribution in [2.24, 2.45) is 5.41 Å². The van der Waals surface area contributed by atoms with Crippen LogP contribution < -0.4 is 10.1 Å². The monoisotopic (exact) mass is 380 g/mol. The van der Waals surface area contributed by atoms with E-state index in [2.05, 4.69) is 10.1 Å². The number of nitrogens with one attached hydrogen (secondary N) is 1. The Hall–Kier alpha value is -2.16. The number of benzene rings is 1. The van der Waals surface area contributed by atoms with E-state index in [0.29, 0.717) is 0 Å². The molecule has 1 aliphatic heterocycles. The van der Waals surface area contributed by atoms with Gasteiger partial charge in [0, 0.05) is 24.2 Å². The molecule has 1 unspecified atom stereocenters. The van der Waals surface area contributed by atoms with Gasteiger partial charge in [0.05, 0.1) is 11.1 Å². The smallest absolute Gasteiger partial charge is 0.422 e. The molecule has 1 aromatic carbocycles. The van der Waals surface area contributed by atoms with Crippen LogP contribution in [0.25, 0.3) is 0 Å². The number of hydrogen-bond acceptors (Lipinski definition) is 3. The molecule has 0 spiro atoms. The number of likely N-dealkylation sites (tertiary alicyclic amines) is 1. The zero-order valence-electron chi connectivity index (χ0n) is 13.2.